The van der Waals surface area contributed by atoms with E-state index < -0.39 is 0 Å². The van der Waals surface area contributed by atoms with Gasteiger partial charge >= 0.3 is 0 Å². The Bertz CT molecular complexity index is 553. The smallest absolute Gasteiger partial charge is 0.0991 e. The predicted molar refractivity (Wildman–Crippen MR) is 90.8 cm³/mol. The van der Waals surface area contributed by atoms with E-state index in [1.165, 1.54) is 18.4 Å². The van der Waals surface area contributed by atoms with Gasteiger partial charge in [-0.25, -0.2) is 0 Å². The summed E-state index contributed by atoms with van der Waals surface area (Å²) in [5, 5.41) is 22.3. The molecule has 2 fully saturated rings. The molecule has 2 N–H and O–H groups in total. The highest BCUT2D eigenvalue weighted by atomic mass is 16.3. The van der Waals surface area contributed by atoms with Crippen LogP contribution in [0.4, 0.5) is 0 Å². The highest BCUT2D eigenvalue weighted by molar-refractivity contribution is 5.31. The lowest BCUT2D eigenvalue weighted by molar-refractivity contribution is 0.113. The first kappa shape index (κ1) is 16.4. The fourth-order valence-electron chi connectivity index (χ4n) is 3.66. The molecular formula is C19H27N3O. The number of hydrogen-bond acceptors (Lipinski definition) is 4. The summed E-state index contributed by atoms with van der Waals surface area (Å²) in [4.78, 5) is 2.48. The molecule has 0 amide bonds. The molecule has 4 nitrogen and oxygen atoms in total. The van der Waals surface area contributed by atoms with Crippen molar-refractivity contribution in [2.24, 2.45) is 5.92 Å². The third-order valence-electron chi connectivity index (χ3n) is 5.42. The van der Waals surface area contributed by atoms with Crippen LogP contribution >= 0.6 is 0 Å². The monoisotopic (exact) mass is 313 g/mol. The molecule has 1 atom stereocenters. The molecule has 1 aliphatic carbocycles. The zero-order chi connectivity index (χ0) is 16.3. The first-order valence-electron chi connectivity index (χ1n) is 8.73. The van der Waals surface area contributed by atoms with Crippen LogP contribution in [0.25, 0.3) is 0 Å². The van der Waals surface area contributed by atoms with Crippen molar-refractivity contribution in [1.82, 2.24) is 10.2 Å². The number of nitriles is 1. The molecule has 1 saturated carbocycles. The van der Waals surface area contributed by atoms with Crippen LogP contribution in [-0.4, -0.2) is 41.3 Å². The molecule has 0 spiro atoms. The summed E-state index contributed by atoms with van der Waals surface area (Å²) in [5.74, 6) is 0.657. The van der Waals surface area contributed by atoms with Crippen LogP contribution in [0.1, 0.15) is 43.7 Å². The maximum atomic E-state index is 9.72. The average Bonchev–Trinajstić information content (AvgIpc) is 3.43. The van der Waals surface area contributed by atoms with Crippen molar-refractivity contribution < 1.29 is 5.11 Å². The number of hydrogen-bond donors (Lipinski definition) is 2. The molecule has 1 aliphatic heterocycles. The minimum absolute atomic E-state index is 0.0834. The Balaban J connectivity index is 1.47. The quantitative estimate of drug-likeness (QED) is 0.846. The first-order chi connectivity index (χ1) is 11.1. The molecule has 0 aromatic heterocycles. The van der Waals surface area contributed by atoms with Crippen LogP contribution < -0.4 is 5.32 Å². The largest absolute Gasteiger partial charge is 0.394 e. The number of aliphatic hydroxyl groups is 1. The van der Waals surface area contributed by atoms with Crippen molar-refractivity contribution in [1.29, 1.82) is 5.26 Å². The fraction of sp³-hybridized carbons (Fsp3) is 0.632. The molecule has 124 valence electrons. The van der Waals surface area contributed by atoms with Gasteiger partial charge in [0.25, 0.3) is 0 Å². The molecule has 23 heavy (non-hydrogen) atoms. The second kappa shape index (κ2) is 7.00. The van der Waals surface area contributed by atoms with Gasteiger partial charge in [-0.1, -0.05) is 12.1 Å². The summed E-state index contributed by atoms with van der Waals surface area (Å²) in [5.41, 5.74) is 1.91. The summed E-state index contributed by atoms with van der Waals surface area (Å²) in [6, 6.07) is 10.6. The van der Waals surface area contributed by atoms with Crippen molar-refractivity contribution in [3.05, 3.63) is 35.4 Å². The standard InChI is InChI=1S/C19H27N3O/c1-19(14-23,17-6-7-17)21-18-8-10-22(11-9-18)13-16-4-2-15(12-20)3-5-16/h2-5,17-18,21,23H,6-11,13-14H2,1H3. The lowest BCUT2D eigenvalue weighted by Gasteiger charge is -2.39. The topological polar surface area (TPSA) is 59.3 Å². The highest BCUT2D eigenvalue weighted by Crippen LogP contribution is 2.40. The molecule has 1 saturated heterocycles. The van der Waals surface area contributed by atoms with Gasteiger partial charge in [0, 0.05) is 18.1 Å². The highest BCUT2D eigenvalue weighted by Gasteiger charge is 2.42. The summed E-state index contributed by atoms with van der Waals surface area (Å²) in [6.45, 7) is 5.54. The number of rotatable bonds is 6. The van der Waals surface area contributed by atoms with Crippen LogP contribution in [0.3, 0.4) is 0 Å². The Morgan fingerprint density at radius 3 is 2.39 bits per heavy atom. The van der Waals surface area contributed by atoms with E-state index >= 15 is 0 Å². The number of likely N-dealkylation sites (tertiary alicyclic amines) is 1. The van der Waals surface area contributed by atoms with E-state index in [0.29, 0.717) is 12.0 Å². The normalized spacial score (nSPS) is 22.5. The summed E-state index contributed by atoms with van der Waals surface area (Å²) >= 11 is 0. The van der Waals surface area contributed by atoms with Crippen molar-refractivity contribution in [3.8, 4) is 6.07 Å². The Morgan fingerprint density at radius 2 is 1.87 bits per heavy atom. The summed E-state index contributed by atoms with van der Waals surface area (Å²) in [6.07, 6.45) is 4.78. The zero-order valence-corrected chi connectivity index (χ0v) is 14.0. The van der Waals surface area contributed by atoms with Crippen molar-refractivity contribution in [3.63, 3.8) is 0 Å². The molecule has 1 heterocycles. The van der Waals surface area contributed by atoms with E-state index in [4.69, 9.17) is 5.26 Å². The maximum absolute atomic E-state index is 9.72. The van der Waals surface area contributed by atoms with E-state index in [-0.39, 0.29) is 12.1 Å². The number of aliphatic hydroxyl groups excluding tert-OH is 1. The van der Waals surface area contributed by atoms with Gasteiger partial charge in [-0.3, -0.25) is 4.90 Å². The predicted octanol–water partition coefficient (Wildman–Crippen LogP) is 2.27. The number of nitrogens with zero attached hydrogens (tertiary/aromatic N) is 2. The molecular weight excluding hydrogens is 286 g/mol. The molecule has 2 aliphatic rings. The van der Waals surface area contributed by atoms with Crippen molar-refractivity contribution >= 4 is 0 Å². The second-order valence-electron chi connectivity index (χ2n) is 7.35. The third kappa shape index (κ3) is 4.11. The lowest BCUT2D eigenvalue weighted by Crippen LogP contribution is -2.55. The van der Waals surface area contributed by atoms with E-state index in [2.05, 4.69) is 35.3 Å². The van der Waals surface area contributed by atoms with Crippen LogP contribution in [0.15, 0.2) is 24.3 Å². The van der Waals surface area contributed by atoms with Gasteiger partial charge in [0.15, 0.2) is 0 Å². The fourth-order valence-corrected chi connectivity index (χ4v) is 3.66. The van der Waals surface area contributed by atoms with Gasteiger partial charge in [0.2, 0.25) is 0 Å². The Hall–Kier alpha value is -1.41. The molecule has 1 unspecified atom stereocenters. The summed E-state index contributed by atoms with van der Waals surface area (Å²) in [7, 11) is 0. The zero-order valence-electron chi connectivity index (χ0n) is 14.0. The Kier molecular flexibility index (Phi) is 5.01. The van der Waals surface area contributed by atoms with Gasteiger partial charge in [0.05, 0.1) is 18.2 Å². The Labute approximate surface area is 139 Å². The molecule has 3 rings (SSSR count). The van der Waals surface area contributed by atoms with Gasteiger partial charge < -0.3 is 10.4 Å². The van der Waals surface area contributed by atoms with Crippen LogP contribution in [-0.2, 0) is 6.54 Å². The number of benzene rings is 1. The van der Waals surface area contributed by atoms with Crippen LogP contribution in [0.2, 0.25) is 0 Å². The van der Waals surface area contributed by atoms with Crippen LogP contribution in [0.5, 0.6) is 0 Å². The maximum Gasteiger partial charge on any atom is 0.0991 e. The van der Waals surface area contributed by atoms with Gasteiger partial charge in [-0.15, -0.1) is 0 Å². The SMILES string of the molecule is CC(CO)(NC1CCN(Cc2ccc(C#N)cc2)CC1)C1CC1. The second-order valence-corrected chi connectivity index (χ2v) is 7.35. The van der Waals surface area contributed by atoms with Gasteiger partial charge in [-0.05, 0) is 69.3 Å². The third-order valence-corrected chi connectivity index (χ3v) is 5.42. The lowest BCUT2D eigenvalue weighted by atomic mass is 9.93. The van der Waals surface area contributed by atoms with Gasteiger partial charge in [-0.2, -0.15) is 5.26 Å². The molecule has 4 heteroatoms. The summed E-state index contributed by atoms with van der Waals surface area (Å²) < 4.78 is 0. The van der Waals surface area contributed by atoms with E-state index in [1.807, 2.05) is 12.1 Å². The molecule has 1 aromatic rings. The van der Waals surface area contributed by atoms with E-state index in [1.54, 1.807) is 0 Å². The average molecular weight is 313 g/mol. The minimum Gasteiger partial charge on any atom is -0.394 e. The Morgan fingerprint density at radius 1 is 1.22 bits per heavy atom. The molecule has 0 bridgehead atoms. The van der Waals surface area contributed by atoms with E-state index in [0.717, 1.165) is 38.0 Å². The number of piperidine rings is 1. The molecule has 1 aromatic carbocycles. The van der Waals surface area contributed by atoms with Gasteiger partial charge in [0.1, 0.15) is 0 Å². The van der Waals surface area contributed by atoms with Crippen LogP contribution in [0, 0.1) is 17.2 Å². The number of nitrogens with one attached hydrogen (secondary N) is 1. The van der Waals surface area contributed by atoms with E-state index in [9.17, 15) is 5.11 Å². The van der Waals surface area contributed by atoms with Crippen molar-refractivity contribution in [2.45, 2.75) is 50.7 Å². The molecule has 0 radical (unpaired) electrons. The minimum atomic E-state index is -0.0834. The van der Waals surface area contributed by atoms with Crippen molar-refractivity contribution in [2.75, 3.05) is 19.7 Å². The first-order valence-corrected chi connectivity index (χ1v) is 8.73.